The third kappa shape index (κ3) is 5.48. The number of nitrogens with one attached hydrogen (secondary N) is 1. The molecule has 0 aliphatic rings. The van der Waals surface area contributed by atoms with Gasteiger partial charge in [-0.15, -0.1) is 0 Å². The zero-order valence-electron chi connectivity index (χ0n) is 13.3. The van der Waals surface area contributed by atoms with Crippen molar-refractivity contribution in [1.29, 1.82) is 5.26 Å². The highest BCUT2D eigenvalue weighted by molar-refractivity contribution is 9.10. The Labute approximate surface area is 153 Å². The number of aliphatic hydroxyl groups excluding tert-OH is 1. The average Bonchev–Trinajstić information content (AvgIpc) is 2.61. The number of benzene rings is 2. The predicted octanol–water partition coefficient (Wildman–Crippen LogP) is 4.09. The minimum absolute atomic E-state index is 0.0114. The number of carbonyl (C=O) groups excluding carboxylic acids is 1. The Kier molecular flexibility index (Phi) is 6.81. The zero-order chi connectivity index (χ0) is 18.2. The molecule has 0 fully saturated rings. The number of phenols is 1. The van der Waals surface area contributed by atoms with Gasteiger partial charge in [-0.05, 0) is 55.3 Å². The van der Waals surface area contributed by atoms with Gasteiger partial charge in [0.25, 0.3) is 0 Å². The highest BCUT2D eigenvalue weighted by atomic mass is 79.9. The van der Waals surface area contributed by atoms with Crippen LogP contribution in [0.5, 0.6) is 5.75 Å². The molecular weight excluding hydrogens is 388 g/mol. The monoisotopic (exact) mass is 404 g/mol. The second-order valence-electron chi connectivity index (χ2n) is 5.28. The maximum absolute atomic E-state index is 12.2. The minimum atomic E-state index is -0.706. The molecule has 2 aromatic carbocycles. The van der Waals surface area contributed by atoms with Crippen LogP contribution >= 0.6 is 15.9 Å². The van der Waals surface area contributed by atoms with E-state index < -0.39 is 12.2 Å². The molecule has 0 saturated carbocycles. The van der Waals surface area contributed by atoms with Gasteiger partial charge in [-0.1, -0.05) is 15.9 Å². The number of carbonyl (C=O) groups is 1. The topological polar surface area (TPSA) is 103 Å². The number of halogens is 1. The third-order valence-corrected chi connectivity index (χ3v) is 3.96. The molecule has 0 aromatic heterocycles. The van der Waals surface area contributed by atoms with Crippen LogP contribution in [0.25, 0.3) is 0 Å². The van der Waals surface area contributed by atoms with E-state index in [-0.39, 0.29) is 12.4 Å². The number of phenolic OH excluding ortho intramolecular Hbond substituents is 1. The van der Waals surface area contributed by atoms with Crippen molar-refractivity contribution in [3.63, 3.8) is 0 Å². The number of hydrogen-bond acceptors (Lipinski definition) is 5. The van der Waals surface area contributed by atoms with Gasteiger partial charge in [0, 0.05) is 22.3 Å². The SMILES string of the molecule is N#Cc1ccc(NC(=O)O[C@H](CCCO)c2cc(Br)ccc2O)cc1. The Bertz CT molecular complexity index is 772. The van der Waals surface area contributed by atoms with E-state index in [0.29, 0.717) is 29.7 Å². The first-order chi connectivity index (χ1) is 12.0. The first-order valence-corrected chi connectivity index (χ1v) is 8.40. The predicted molar refractivity (Wildman–Crippen MR) is 96.1 cm³/mol. The summed E-state index contributed by atoms with van der Waals surface area (Å²) in [6.07, 6.45) is -0.614. The number of aliphatic hydroxyl groups is 1. The number of aromatic hydroxyl groups is 1. The van der Waals surface area contributed by atoms with Crippen LogP contribution in [0.3, 0.4) is 0 Å². The zero-order valence-corrected chi connectivity index (χ0v) is 14.9. The summed E-state index contributed by atoms with van der Waals surface area (Å²) in [6, 6.07) is 13.2. The van der Waals surface area contributed by atoms with Gasteiger partial charge < -0.3 is 14.9 Å². The van der Waals surface area contributed by atoms with Crippen molar-refractivity contribution in [2.75, 3.05) is 11.9 Å². The van der Waals surface area contributed by atoms with Crippen LogP contribution in [-0.2, 0) is 4.74 Å². The van der Waals surface area contributed by atoms with Crippen molar-refractivity contribution in [1.82, 2.24) is 0 Å². The van der Waals surface area contributed by atoms with Gasteiger partial charge in [-0.25, -0.2) is 4.79 Å². The minimum Gasteiger partial charge on any atom is -0.508 e. The van der Waals surface area contributed by atoms with E-state index in [1.807, 2.05) is 6.07 Å². The van der Waals surface area contributed by atoms with E-state index >= 15 is 0 Å². The summed E-state index contributed by atoms with van der Waals surface area (Å²) in [5, 5.41) is 30.4. The number of anilines is 1. The summed E-state index contributed by atoms with van der Waals surface area (Å²) in [5.41, 5.74) is 1.43. The number of rotatable bonds is 6. The lowest BCUT2D eigenvalue weighted by atomic mass is 10.0. The lowest BCUT2D eigenvalue weighted by Gasteiger charge is -2.19. The molecular formula is C18H17BrN2O4. The van der Waals surface area contributed by atoms with Crippen LogP contribution in [0.15, 0.2) is 46.9 Å². The Balaban J connectivity index is 2.11. The largest absolute Gasteiger partial charge is 0.508 e. The number of nitriles is 1. The molecule has 7 heteroatoms. The molecule has 0 bridgehead atoms. The Hall–Kier alpha value is -2.56. The molecule has 25 heavy (non-hydrogen) atoms. The van der Waals surface area contributed by atoms with E-state index in [4.69, 9.17) is 15.1 Å². The number of ether oxygens (including phenoxy) is 1. The molecule has 2 rings (SSSR count). The van der Waals surface area contributed by atoms with Crippen molar-refractivity contribution < 1.29 is 19.7 Å². The van der Waals surface area contributed by atoms with Gasteiger partial charge in [-0.3, -0.25) is 5.32 Å². The fourth-order valence-electron chi connectivity index (χ4n) is 2.24. The second kappa shape index (κ2) is 9.06. The Morgan fingerprint density at radius 3 is 2.64 bits per heavy atom. The second-order valence-corrected chi connectivity index (χ2v) is 6.19. The van der Waals surface area contributed by atoms with Crippen LogP contribution in [0.1, 0.15) is 30.1 Å². The van der Waals surface area contributed by atoms with Crippen molar-refractivity contribution in [2.45, 2.75) is 18.9 Å². The van der Waals surface area contributed by atoms with Crippen LogP contribution in [-0.4, -0.2) is 22.9 Å². The van der Waals surface area contributed by atoms with Crippen molar-refractivity contribution in [3.8, 4) is 11.8 Å². The molecule has 0 unspecified atom stereocenters. The average molecular weight is 405 g/mol. The summed E-state index contributed by atoms with van der Waals surface area (Å²) < 4.78 is 6.17. The van der Waals surface area contributed by atoms with Crippen molar-refractivity contribution in [2.24, 2.45) is 0 Å². The lowest BCUT2D eigenvalue weighted by Crippen LogP contribution is -2.18. The number of hydrogen-bond donors (Lipinski definition) is 3. The molecule has 0 spiro atoms. The van der Waals surface area contributed by atoms with Gasteiger partial charge in [0.05, 0.1) is 11.6 Å². The van der Waals surface area contributed by atoms with Crippen molar-refractivity contribution in [3.05, 3.63) is 58.1 Å². The number of amides is 1. The molecule has 1 amide bonds. The molecule has 0 heterocycles. The molecule has 6 nitrogen and oxygen atoms in total. The summed E-state index contributed by atoms with van der Waals surface area (Å²) >= 11 is 3.32. The van der Waals surface area contributed by atoms with Crippen LogP contribution in [0.2, 0.25) is 0 Å². The van der Waals surface area contributed by atoms with Gasteiger partial charge in [-0.2, -0.15) is 5.26 Å². The maximum atomic E-state index is 12.2. The van der Waals surface area contributed by atoms with E-state index in [1.165, 1.54) is 6.07 Å². The van der Waals surface area contributed by atoms with E-state index in [9.17, 15) is 9.90 Å². The summed E-state index contributed by atoms with van der Waals surface area (Å²) in [5.74, 6) is 0.0114. The Morgan fingerprint density at radius 1 is 1.28 bits per heavy atom. The molecule has 130 valence electrons. The van der Waals surface area contributed by atoms with Gasteiger partial charge in [0.1, 0.15) is 11.9 Å². The molecule has 0 saturated heterocycles. The fraction of sp³-hybridized carbons (Fsp3) is 0.222. The highest BCUT2D eigenvalue weighted by Gasteiger charge is 2.20. The first kappa shape index (κ1) is 18.8. The van der Waals surface area contributed by atoms with Crippen molar-refractivity contribution >= 4 is 27.7 Å². The van der Waals surface area contributed by atoms with Crippen LogP contribution in [0, 0.1) is 11.3 Å². The summed E-state index contributed by atoms with van der Waals surface area (Å²) in [7, 11) is 0. The van der Waals surface area contributed by atoms with Gasteiger partial charge in [0.2, 0.25) is 0 Å². The molecule has 2 aromatic rings. The molecule has 3 N–H and O–H groups in total. The lowest BCUT2D eigenvalue weighted by molar-refractivity contribution is 0.0979. The number of nitrogens with zero attached hydrogens (tertiary/aromatic N) is 1. The summed E-state index contributed by atoms with van der Waals surface area (Å²) in [6.45, 7) is -0.0497. The molecule has 0 aliphatic carbocycles. The van der Waals surface area contributed by atoms with Gasteiger partial charge in [0.15, 0.2) is 0 Å². The third-order valence-electron chi connectivity index (χ3n) is 3.47. The molecule has 1 atom stereocenters. The van der Waals surface area contributed by atoms with Gasteiger partial charge >= 0.3 is 6.09 Å². The highest BCUT2D eigenvalue weighted by Crippen LogP contribution is 2.33. The standard InChI is InChI=1S/C18H17BrN2O4/c19-13-5-8-16(23)15(10-13)17(2-1-9-22)25-18(24)21-14-6-3-12(11-20)4-7-14/h3-8,10,17,22-23H,1-2,9H2,(H,21,24)/t17-/m1/s1. The smallest absolute Gasteiger partial charge is 0.412 e. The van der Waals surface area contributed by atoms with E-state index in [0.717, 1.165) is 4.47 Å². The van der Waals surface area contributed by atoms with E-state index in [2.05, 4.69) is 21.2 Å². The molecule has 0 radical (unpaired) electrons. The fourth-order valence-corrected chi connectivity index (χ4v) is 2.62. The maximum Gasteiger partial charge on any atom is 0.412 e. The normalized spacial score (nSPS) is 11.4. The van der Waals surface area contributed by atoms with Crippen LogP contribution in [0.4, 0.5) is 10.5 Å². The van der Waals surface area contributed by atoms with Crippen LogP contribution < -0.4 is 5.32 Å². The van der Waals surface area contributed by atoms with E-state index in [1.54, 1.807) is 36.4 Å². The summed E-state index contributed by atoms with van der Waals surface area (Å²) in [4.78, 5) is 12.2. The quantitative estimate of drug-likeness (QED) is 0.672. The Morgan fingerprint density at radius 2 is 2.00 bits per heavy atom. The first-order valence-electron chi connectivity index (χ1n) is 7.60. The molecule has 0 aliphatic heterocycles.